The Labute approximate surface area is 87.8 Å². The number of carbonyl (C=O) groups excluding carboxylic acids is 1. The molecule has 0 unspecified atom stereocenters. The van der Waals surface area contributed by atoms with Gasteiger partial charge in [0, 0.05) is 0 Å². The van der Waals surface area contributed by atoms with Gasteiger partial charge in [0.15, 0.2) is 0 Å². The molecule has 1 saturated carbocycles. The van der Waals surface area contributed by atoms with Crippen LogP contribution in [0, 0.1) is 5.54 Å². The Morgan fingerprint density at radius 3 is 2.57 bits per heavy atom. The van der Waals surface area contributed by atoms with Crippen molar-refractivity contribution >= 4 is 14.2 Å². The van der Waals surface area contributed by atoms with E-state index in [4.69, 9.17) is 0 Å². The van der Waals surface area contributed by atoms with Gasteiger partial charge in [0.2, 0.25) is 6.08 Å². The maximum Gasteiger partial charge on any atom is 0.234 e. The molecule has 1 radical (unpaired) electrons. The largest absolute Gasteiger partial charge is 0.234 e. The Bertz CT molecular complexity index is 215. The van der Waals surface area contributed by atoms with Crippen molar-refractivity contribution in [3.63, 3.8) is 0 Å². The molecule has 3 heteroatoms. The summed E-state index contributed by atoms with van der Waals surface area (Å²) in [5, 5.41) is 0. The smallest absolute Gasteiger partial charge is 0.211 e. The van der Waals surface area contributed by atoms with Gasteiger partial charge in [-0.3, -0.25) is 0 Å². The van der Waals surface area contributed by atoms with Crippen LogP contribution in [0.25, 0.3) is 0 Å². The first-order valence-electron chi connectivity index (χ1n) is 5.55. The lowest BCUT2D eigenvalue weighted by Crippen LogP contribution is -2.33. The van der Waals surface area contributed by atoms with Gasteiger partial charge in [0.25, 0.3) is 0 Å². The second kappa shape index (κ2) is 5.47. The first-order chi connectivity index (χ1) is 6.67. The van der Waals surface area contributed by atoms with Crippen molar-refractivity contribution in [3.05, 3.63) is 5.54 Å². The van der Waals surface area contributed by atoms with Crippen molar-refractivity contribution in [2.24, 2.45) is 4.99 Å². The van der Waals surface area contributed by atoms with Crippen LogP contribution in [0.5, 0.6) is 0 Å². The maximum atomic E-state index is 9.90. The van der Waals surface area contributed by atoms with Crippen LogP contribution in [0.3, 0.4) is 0 Å². The van der Waals surface area contributed by atoms with Gasteiger partial charge in [-0.2, -0.15) is 0 Å². The van der Waals surface area contributed by atoms with Crippen LogP contribution < -0.4 is 0 Å². The molecule has 79 valence electrons. The highest BCUT2D eigenvalue weighted by atomic mass is 28.3. The summed E-state index contributed by atoms with van der Waals surface area (Å²) in [4.78, 5) is 13.5. The van der Waals surface area contributed by atoms with E-state index in [1.807, 2.05) is 5.54 Å². The van der Waals surface area contributed by atoms with E-state index in [9.17, 15) is 4.79 Å². The highest BCUT2D eigenvalue weighted by Crippen LogP contribution is 2.37. The second-order valence-corrected chi connectivity index (χ2v) is 9.75. The van der Waals surface area contributed by atoms with E-state index in [1.165, 1.54) is 31.7 Å². The average molecular weight is 210 g/mol. The number of isocyanates is 1. The minimum absolute atomic E-state index is 0.674. The summed E-state index contributed by atoms with van der Waals surface area (Å²) < 4.78 is 0. The summed E-state index contributed by atoms with van der Waals surface area (Å²) in [7, 11) is -1.09. The highest BCUT2D eigenvalue weighted by molar-refractivity contribution is 6.82. The molecule has 0 aromatic heterocycles. The third-order valence-corrected chi connectivity index (χ3v) is 7.32. The molecule has 1 aliphatic rings. The van der Waals surface area contributed by atoms with Crippen molar-refractivity contribution in [2.45, 2.75) is 51.2 Å². The van der Waals surface area contributed by atoms with Gasteiger partial charge in [0.05, 0.1) is 14.6 Å². The summed E-state index contributed by atoms with van der Waals surface area (Å²) in [5.41, 5.74) is 1.85. The first-order valence-corrected chi connectivity index (χ1v) is 8.76. The van der Waals surface area contributed by atoms with E-state index in [-0.39, 0.29) is 0 Å². The van der Waals surface area contributed by atoms with Crippen molar-refractivity contribution in [1.82, 2.24) is 0 Å². The molecule has 1 fully saturated rings. The summed E-state index contributed by atoms with van der Waals surface area (Å²) >= 11 is 0. The van der Waals surface area contributed by atoms with Gasteiger partial charge in [-0.15, -0.1) is 0 Å². The molecular weight excluding hydrogens is 190 g/mol. The monoisotopic (exact) mass is 210 g/mol. The maximum absolute atomic E-state index is 9.90. The predicted molar refractivity (Wildman–Crippen MR) is 61.6 cm³/mol. The lowest BCUT2D eigenvalue weighted by atomic mass is 10.4. The zero-order chi connectivity index (χ0) is 10.4. The van der Waals surface area contributed by atoms with Crippen molar-refractivity contribution < 1.29 is 4.79 Å². The molecule has 0 saturated heterocycles. The summed E-state index contributed by atoms with van der Waals surface area (Å²) in [5.74, 6) is 0. The summed E-state index contributed by atoms with van der Waals surface area (Å²) in [6.07, 6.45) is 8.22. The van der Waals surface area contributed by atoms with E-state index < -0.39 is 8.07 Å². The van der Waals surface area contributed by atoms with Crippen molar-refractivity contribution in [1.29, 1.82) is 0 Å². The van der Waals surface area contributed by atoms with Crippen LogP contribution >= 0.6 is 0 Å². The molecule has 0 amide bonds. The molecule has 1 aliphatic carbocycles. The lowest BCUT2D eigenvalue weighted by molar-refractivity contribution is 0.562. The van der Waals surface area contributed by atoms with Crippen LogP contribution in [0.4, 0.5) is 0 Å². The Balaban J connectivity index is 2.28. The fourth-order valence-electron chi connectivity index (χ4n) is 2.30. The molecule has 0 aromatic carbocycles. The van der Waals surface area contributed by atoms with E-state index in [1.54, 1.807) is 6.08 Å². The predicted octanol–water partition coefficient (Wildman–Crippen LogP) is 3.11. The van der Waals surface area contributed by atoms with Gasteiger partial charge >= 0.3 is 0 Å². The Morgan fingerprint density at radius 1 is 1.36 bits per heavy atom. The summed E-state index contributed by atoms with van der Waals surface area (Å²) in [6.45, 7) is 5.59. The third-order valence-electron chi connectivity index (χ3n) is 3.30. The van der Waals surface area contributed by atoms with Gasteiger partial charge in [0.1, 0.15) is 0 Å². The van der Waals surface area contributed by atoms with Gasteiger partial charge in [-0.25, -0.2) is 9.79 Å². The van der Waals surface area contributed by atoms with Crippen LogP contribution in [0.15, 0.2) is 4.99 Å². The van der Waals surface area contributed by atoms with Crippen molar-refractivity contribution in [3.8, 4) is 0 Å². The zero-order valence-corrected chi connectivity index (χ0v) is 10.3. The average Bonchev–Trinajstić information content (AvgIpc) is 2.65. The van der Waals surface area contributed by atoms with E-state index in [2.05, 4.69) is 18.1 Å². The minimum Gasteiger partial charge on any atom is -0.211 e. The molecule has 0 bridgehead atoms. The molecule has 2 nitrogen and oxygen atoms in total. The first kappa shape index (κ1) is 11.7. The Kier molecular flexibility index (Phi) is 4.56. The highest BCUT2D eigenvalue weighted by Gasteiger charge is 2.33. The number of rotatable bonds is 5. The second-order valence-electron chi connectivity index (χ2n) is 4.77. The topological polar surface area (TPSA) is 29.4 Å². The SMILES string of the molecule is C[Si](C)(CCCN=C=O)[C]1CCCC1. The molecule has 0 aromatic rings. The third kappa shape index (κ3) is 3.39. The number of hydrogen-bond donors (Lipinski definition) is 0. The van der Waals surface area contributed by atoms with Gasteiger partial charge < -0.3 is 0 Å². The number of aliphatic imine (C=N–C) groups is 1. The zero-order valence-electron chi connectivity index (χ0n) is 9.31. The van der Waals surface area contributed by atoms with Crippen LogP contribution in [0.2, 0.25) is 19.1 Å². The molecule has 0 atom stereocenters. The van der Waals surface area contributed by atoms with Gasteiger partial charge in [-0.1, -0.05) is 32.0 Å². The molecule has 0 aliphatic heterocycles. The standard InChI is InChI=1S/C11H20NOSi/c1-14(2,9-5-8-12-10-13)11-6-3-4-7-11/h3-9H2,1-2H3. The van der Waals surface area contributed by atoms with Crippen molar-refractivity contribution in [2.75, 3.05) is 6.54 Å². The van der Waals surface area contributed by atoms with E-state index in [0.29, 0.717) is 6.54 Å². The molecule has 0 spiro atoms. The van der Waals surface area contributed by atoms with Crippen LogP contribution in [-0.4, -0.2) is 20.7 Å². The molecule has 1 rings (SSSR count). The molecular formula is C11H20NOSi. The van der Waals surface area contributed by atoms with E-state index in [0.717, 1.165) is 6.42 Å². The minimum atomic E-state index is -1.09. The Morgan fingerprint density at radius 2 is 2.00 bits per heavy atom. The fourth-order valence-corrected chi connectivity index (χ4v) is 5.40. The van der Waals surface area contributed by atoms with Gasteiger partial charge in [-0.05, 0) is 24.8 Å². The normalized spacial score (nSPS) is 18.1. The molecule has 0 N–H and O–H groups in total. The fraction of sp³-hybridized carbons (Fsp3) is 0.818. The molecule has 14 heavy (non-hydrogen) atoms. The Hall–Kier alpha value is -0.403. The lowest BCUT2D eigenvalue weighted by Gasteiger charge is -2.28. The van der Waals surface area contributed by atoms with Crippen LogP contribution in [0.1, 0.15) is 32.1 Å². The quantitative estimate of drug-likeness (QED) is 0.297. The van der Waals surface area contributed by atoms with E-state index >= 15 is 0 Å². The summed E-state index contributed by atoms with van der Waals surface area (Å²) in [6, 6.07) is 1.29. The molecule has 0 heterocycles. The number of hydrogen-bond acceptors (Lipinski definition) is 2. The number of nitrogens with zero attached hydrogens (tertiary/aromatic N) is 1. The van der Waals surface area contributed by atoms with Crippen LogP contribution in [-0.2, 0) is 4.79 Å².